The summed E-state index contributed by atoms with van der Waals surface area (Å²) >= 11 is 0. The smallest absolute Gasteiger partial charge is 0.219 e. The summed E-state index contributed by atoms with van der Waals surface area (Å²) in [5, 5.41) is 0. The summed E-state index contributed by atoms with van der Waals surface area (Å²) in [7, 11) is 1.66. The van der Waals surface area contributed by atoms with Crippen LogP contribution in [0, 0.1) is 0 Å². The second kappa shape index (κ2) is 5.75. The minimum atomic E-state index is -0.234. The molecule has 0 saturated carbocycles. The fourth-order valence-corrected chi connectivity index (χ4v) is 1.000. The molecule has 0 aliphatic heterocycles. The standard InChI is InChI=1S/C9H17NO2/c1-4-5-6-9(7-11)10(3)8(2)12/h7,9H,4-6H2,1-3H3/t9-/m0/s1. The number of rotatable bonds is 5. The van der Waals surface area contributed by atoms with Gasteiger partial charge in [-0.05, 0) is 6.42 Å². The molecule has 0 unspecified atom stereocenters. The molecule has 3 nitrogen and oxygen atoms in total. The molecule has 12 heavy (non-hydrogen) atoms. The first-order valence-corrected chi connectivity index (χ1v) is 4.32. The molecule has 0 saturated heterocycles. The van der Waals surface area contributed by atoms with E-state index in [9.17, 15) is 9.59 Å². The third-order valence-electron chi connectivity index (χ3n) is 2.00. The monoisotopic (exact) mass is 171 g/mol. The molecule has 0 aromatic carbocycles. The zero-order chi connectivity index (χ0) is 9.56. The molecule has 0 rings (SSSR count). The van der Waals surface area contributed by atoms with Gasteiger partial charge in [0.25, 0.3) is 0 Å². The fraction of sp³-hybridized carbons (Fsp3) is 0.778. The molecule has 1 amide bonds. The molecule has 0 aromatic rings. The molecule has 0 spiro atoms. The van der Waals surface area contributed by atoms with Crippen molar-refractivity contribution in [3.05, 3.63) is 0 Å². The van der Waals surface area contributed by atoms with Crippen molar-refractivity contribution >= 4 is 12.2 Å². The van der Waals surface area contributed by atoms with Gasteiger partial charge in [0.1, 0.15) is 6.29 Å². The first-order valence-electron chi connectivity index (χ1n) is 4.32. The third-order valence-corrected chi connectivity index (χ3v) is 2.00. The van der Waals surface area contributed by atoms with Gasteiger partial charge in [0.05, 0.1) is 6.04 Å². The molecule has 3 heteroatoms. The van der Waals surface area contributed by atoms with E-state index in [-0.39, 0.29) is 11.9 Å². The van der Waals surface area contributed by atoms with E-state index in [2.05, 4.69) is 6.92 Å². The number of likely N-dealkylation sites (N-methyl/N-ethyl adjacent to an activating group) is 1. The van der Waals surface area contributed by atoms with Gasteiger partial charge in [0.2, 0.25) is 5.91 Å². The van der Waals surface area contributed by atoms with E-state index in [4.69, 9.17) is 0 Å². The number of hydrogen-bond acceptors (Lipinski definition) is 2. The highest BCUT2D eigenvalue weighted by Crippen LogP contribution is 2.04. The maximum atomic E-state index is 10.9. The summed E-state index contributed by atoms with van der Waals surface area (Å²) in [6.45, 7) is 3.54. The van der Waals surface area contributed by atoms with Crippen LogP contribution in [0.2, 0.25) is 0 Å². The summed E-state index contributed by atoms with van der Waals surface area (Å²) in [6.07, 6.45) is 3.66. The summed E-state index contributed by atoms with van der Waals surface area (Å²) in [4.78, 5) is 22.9. The Balaban J connectivity index is 3.95. The topological polar surface area (TPSA) is 37.4 Å². The van der Waals surface area contributed by atoms with Crippen LogP contribution in [0.4, 0.5) is 0 Å². The lowest BCUT2D eigenvalue weighted by Gasteiger charge is -2.21. The number of unbranched alkanes of at least 4 members (excludes halogenated alkanes) is 1. The molecule has 0 aliphatic carbocycles. The van der Waals surface area contributed by atoms with Crippen LogP contribution in [-0.2, 0) is 9.59 Å². The van der Waals surface area contributed by atoms with Gasteiger partial charge in [-0.2, -0.15) is 0 Å². The number of carbonyl (C=O) groups excluding carboxylic acids is 2. The normalized spacial score (nSPS) is 12.2. The lowest BCUT2D eigenvalue weighted by Crippen LogP contribution is -2.36. The van der Waals surface area contributed by atoms with E-state index in [1.807, 2.05) is 0 Å². The zero-order valence-corrected chi connectivity index (χ0v) is 8.04. The van der Waals surface area contributed by atoms with E-state index < -0.39 is 0 Å². The first-order chi connectivity index (χ1) is 5.63. The second-order valence-electron chi connectivity index (χ2n) is 2.98. The molecular weight excluding hydrogens is 154 g/mol. The quantitative estimate of drug-likeness (QED) is 0.583. The van der Waals surface area contributed by atoms with Gasteiger partial charge >= 0.3 is 0 Å². The zero-order valence-electron chi connectivity index (χ0n) is 8.04. The molecule has 0 bridgehead atoms. The first kappa shape index (κ1) is 11.1. The minimum Gasteiger partial charge on any atom is -0.336 e. The van der Waals surface area contributed by atoms with Gasteiger partial charge in [-0.1, -0.05) is 19.8 Å². The van der Waals surface area contributed by atoms with Crippen LogP contribution in [0.15, 0.2) is 0 Å². The number of amides is 1. The number of hydrogen-bond donors (Lipinski definition) is 0. The average Bonchev–Trinajstić information content (AvgIpc) is 2.05. The molecule has 0 aromatic heterocycles. The summed E-state index contributed by atoms with van der Waals surface area (Å²) in [5.41, 5.74) is 0. The van der Waals surface area contributed by atoms with E-state index in [0.717, 1.165) is 25.5 Å². The van der Waals surface area contributed by atoms with Gasteiger partial charge in [0, 0.05) is 14.0 Å². The molecule has 1 atom stereocenters. The van der Waals surface area contributed by atoms with Crippen molar-refractivity contribution in [2.45, 2.75) is 39.2 Å². The van der Waals surface area contributed by atoms with Crippen molar-refractivity contribution in [3.63, 3.8) is 0 Å². The summed E-state index contributed by atoms with van der Waals surface area (Å²) in [6, 6.07) is -0.234. The molecule has 0 heterocycles. The van der Waals surface area contributed by atoms with Crippen LogP contribution in [-0.4, -0.2) is 30.2 Å². The Hall–Kier alpha value is -0.860. The number of carbonyl (C=O) groups is 2. The van der Waals surface area contributed by atoms with Gasteiger partial charge in [-0.15, -0.1) is 0 Å². The van der Waals surface area contributed by atoms with Crippen molar-refractivity contribution in [2.75, 3.05) is 7.05 Å². The Morgan fingerprint density at radius 2 is 2.17 bits per heavy atom. The fourth-order valence-electron chi connectivity index (χ4n) is 1.000. The molecule has 0 radical (unpaired) electrons. The minimum absolute atomic E-state index is 0.0526. The van der Waals surface area contributed by atoms with E-state index in [1.54, 1.807) is 7.05 Å². The highest BCUT2D eigenvalue weighted by atomic mass is 16.2. The number of aldehydes is 1. The van der Waals surface area contributed by atoms with Crippen molar-refractivity contribution in [3.8, 4) is 0 Å². The Labute approximate surface area is 73.7 Å². The summed E-state index contributed by atoms with van der Waals surface area (Å²) in [5.74, 6) is -0.0526. The maximum absolute atomic E-state index is 10.9. The Bertz CT molecular complexity index is 157. The number of nitrogens with zero attached hydrogens (tertiary/aromatic N) is 1. The molecule has 0 fully saturated rings. The Morgan fingerprint density at radius 1 is 1.58 bits per heavy atom. The lowest BCUT2D eigenvalue weighted by atomic mass is 10.1. The van der Waals surface area contributed by atoms with Crippen LogP contribution in [0.25, 0.3) is 0 Å². The maximum Gasteiger partial charge on any atom is 0.219 e. The highest BCUT2D eigenvalue weighted by Gasteiger charge is 2.14. The lowest BCUT2D eigenvalue weighted by molar-refractivity contribution is -0.132. The van der Waals surface area contributed by atoms with Gasteiger partial charge < -0.3 is 9.69 Å². The van der Waals surface area contributed by atoms with Gasteiger partial charge in [-0.3, -0.25) is 4.79 Å². The highest BCUT2D eigenvalue weighted by molar-refractivity contribution is 5.77. The predicted octanol–water partition coefficient (Wildman–Crippen LogP) is 1.22. The summed E-state index contributed by atoms with van der Waals surface area (Å²) < 4.78 is 0. The van der Waals surface area contributed by atoms with Gasteiger partial charge in [0.15, 0.2) is 0 Å². The molecule has 70 valence electrons. The van der Waals surface area contributed by atoms with Crippen molar-refractivity contribution in [1.29, 1.82) is 0 Å². The third kappa shape index (κ3) is 3.51. The Kier molecular flexibility index (Phi) is 5.34. The van der Waals surface area contributed by atoms with Crippen LogP contribution in [0.1, 0.15) is 33.1 Å². The average molecular weight is 171 g/mol. The predicted molar refractivity (Wildman–Crippen MR) is 47.8 cm³/mol. The van der Waals surface area contributed by atoms with Gasteiger partial charge in [-0.25, -0.2) is 0 Å². The SMILES string of the molecule is CCCC[C@@H](C=O)N(C)C(C)=O. The van der Waals surface area contributed by atoms with E-state index >= 15 is 0 Å². The van der Waals surface area contributed by atoms with Crippen molar-refractivity contribution in [1.82, 2.24) is 4.90 Å². The molecule has 0 aliphatic rings. The second-order valence-corrected chi connectivity index (χ2v) is 2.98. The largest absolute Gasteiger partial charge is 0.336 e. The van der Waals surface area contributed by atoms with E-state index in [0.29, 0.717) is 0 Å². The van der Waals surface area contributed by atoms with E-state index in [1.165, 1.54) is 11.8 Å². The van der Waals surface area contributed by atoms with Crippen molar-refractivity contribution in [2.24, 2.45) is 0 Å². The van der Waals surface area contributed by atoms with Crippen LogP contribution < -0.4 is 0 Å². The van der Waals surface area contributed by atoms with Crippen LogP contribution >= 0.6 is 0 Å². The van der Waals surface area contributed by atoms with Crippen LogP contribution in [0.3, 0.4) is 0 Å². The molecule has 0 N–H and O–H groups in total. The van der Waals surface area contributed by atoms with Crippen molar-refractivity contribution < 1.29 is 9.59 Å². The molecular formula is C9H17NO2. The Morgan fingerprint density at radius 3 is 2.50 bits per heavy atom. The van der Waals surface area contributed by atoms with Crippen LogP contribution in [0.5, 0.6) is 0 Å².